The quantitative estimate of drug-likeness (QED) is 0.805. The summed E-state index contributed by atoms with van der Waals surface area (Å²) in [5, 5.41) is 5.42. The SMILES string of the molecule is O=C(NCCCl)NC1CC(=O)N(Cc2ccccc2)C1. The summed E-state index contributed by atoms with van der Waals surface area (Å²) in [5.74, 6) is 0.438. The van der Waals surface area contributed by atoms with Gasteiger partial charge in [0.25, 0.3) is 0 Å². The summed E-state index contributed by atoms with van der Waals surface area (Å²) in [4.78, 5) is 25.2. The van der Waals surface area contributed by atoms with Crippen molar-refractivity contribution in [2.24, 2.45) is 0 Å². The number of carbonyl (C=O) groups is 2. The van der Waals surface area contributed by atoms with Gasteiger partial charge >= 0.3 is 6.03 Å². The minimum absolute atomic E-state index is 0.0662. The van der Waals surface area contributed by atoms with Crippen LogP contribution < -0.4 is 10.6 Å². The van der Waals surface area contributed by atoms with Gasteiger partial charge in [0, 0.05) is 31.9 Å². The number of hydrogen-bond acceptors (Lipinski definition) is 2. The number of urea groups is 1. The Bertz CT molecular complexity index is 467. The fourth-order valence-corrected chi connectivity index (χ4v) is 2.32. The average Bonchev–Trinajstić information content (AvgIpc) is 2.77. The molecule has 1 fully saturated rings. The van der Waals surface area contributed by atoms with Crippen LogP contribution in [0.25, 0.3) is 0 Å². The zero-order chi connectivity index (χ0) is 14.4. The van der Waals surface area contributed by atoms with Gasteiger partial charge in [-0.1, -0.05) is 30.3 Å². The van der Waals surface area contributed by atoms with Crippen LogP contribution in [0.15, 0.2) is 30.3 Å². The molecule has 1 unspecified atom stereocenters. The Balaban J connectivity index is 1.83. The third kappa shape index (κ3) is 4.13. The van der Waals surface area contributed by atoms with Gasteiger partial charge in [-0.2, -0.15) is 0 Å². The lowest BCUT2D eigenvalue weighted by atomic mass is 10.2. The Morgan fingerprint density at radius 3 is 2.80 bits per heavy atom. The normalized spacial score (nSPS) is 18.1. The first-order valence-corrected chi connectivity index (χ1v) is 7.14. The maximum absolute atomic E-state index is 11.9. The lowest BCUT2D eigenvalue weighted by Gasteiger charge is -2.17. The smallest absolute Gasteiger partial charge is 0.315 e. The number of benzene rings is 1. The number of carbonyl (C=O) groups excluding carboxylic acids is 2. The van der Waals surface area contributed by atoms with Crippen molar-refractivity contribution in [2.75, 3.05) is 19.0 Å². The van der Waals surface area contributed by atoms with Crippen molar-refractivity contribution in [3.05, 3.63) is 35.9 Å². The summed E-state index contributed by atoms with van der Waals surface area (Å²) >= 11 is 5.49. The molecule has 2 rings (SSSR count). The van der Waals surface area contributed by atoms with E-state index in [1.54, 1.807) is 4.90 Å². The second kappa shape index (κ2) is 7.14. The van der Waals surface area contributed by atoms with Gasteiger partial charge < -0.3 is 15.5 Å². The zero-order valence-electron chi connectivity index (χ0n) is 11.1. The average molecular weight is 296 g/mol. The van der Waals surface area contributed by atoms with Gasteiger partial charge in [0.2, 0.25) is 5.91 Å². The highest BCUT2D eigenvalue weighted by molar-refractivity contribution is 6.18. The first-order chi connectivity index (χ1) is 9.69. The molecule has 0 aliphatic carbocycles. The number of halogens is 1. The van der Waals surface area contributed by atoms with Crippen LogP contribution in [-0.2, 0) is 11.3 Å². The second-order valence-corrected chi connectivity index (χ2v) is 5.13. The number of nitrogens with zero attached hydrogens (tertiary/aromatic N) is 1. The fraction of sp³-hybridized carbons (Fsp3) is 0.429. The molecule has 108 valence electrons. The molecule has 1 aliphatic heterocycles. The highest BCUT2D eigenvalue weighted by Gasteiger charge is 2.30. The molecule has 1 atom stereocenters. The van der Waals surface area contributed by atoms with E-state index in [9.17, 15) is 9.59 Å². The Morgan fingerprint density at radius 1 is 1.35 bits per heavy atom. The molecule has 0 aromatic heterocycles. The molecule has 0 radical (unpaired) electrons. The van der Waals surface area contributed by atoms with E-state index in [0.717, 1.165) is 5.56 Å². The van der Waals surface area contributed by atoms with Crippen molar-refractivity contribution in [3.8, 4) is 0 Å². The summed E-state index contributed by atoms with van der Waals surface area (Å²) in [6, 6.07) is 9.41. The van der Waals surface area contributed by atoms with Gasteiger partial charge in [-0.05, 0) is 5.56 Å². The Hall–Kier alpha value is -1.75. The lowest BCUT2D eigenvalue weighted by molar-refractivity contribution is -0.128. The minimum Gasteiger partial charge on any atom is -0.337 e. The largest absolute Gasteiger partial charge is 0.337 e. The summed E-state index contributed by atoms with van der Waals surface area (Å²) in [7, 11) is 0. The minimum atomic E-state index is -0.273. The molecule has 1 aromatic rings. The standard InChI is InChI=1S/C14H18ClN3O2/c15-6-7-16-14(20)17-12-8-13(19)18(10-12)9-11-4-2-1-3-5-11/h1-5,12H,6-10H2,(H2,16,17,20). The highest BCUT2D eigenvalue weighted by atomic mass is 35.5. The molecule has 6 heteroatoms. The van der Waals surface area contributed by atoms with Gasteiger partial charge in [-0.25, -0.2) is 4.79 Å². The highest BCUT2D eigenvalue weighted by Crippen LogP contribution is 2.14. The van der Waals surface area contributed by atoms with E-state index in [-0.39, 0.29) is 18.0 Å². The second-order valence-electron chi connectivity index (χ2n) is 4.75. The molecule has 1 heterocycles. The van der Waals surface area contributed by atoms with E-state index >= 15 is 0 Å². The topological polar surface area (TPSA) is 61.4 Å². The van der Waals surface area contributed by atoms with E-state index in [2.05, 4.69) is 10.6 Å². The Morgan fingerprint density at radius 2 is 2.10 bits per heavy atom. The predicted molar refractivity (Wildman–Crippen MR) is 77.5 cm³/mol. The Labute approximate surface area is 123 Å². The van der Waals surface area contributed by atoms with Crippen LogP contribution in [0, 0.1) is 0 Å². The van der Waals surface area contributed by atoms with Crippen LogP contribution in [0.1, 0.15) is 12.0 Å². The predicted octanol–water partition coefficient (Wildman–Crippen LogP) is 1.33. The molecule has 1 aliphatic rings. The van der Waals surface area contributed by atoms with Crippen molar-refractivity contribution < 1.29 is 9.59 Å². The first-order valence-electron chi connectivity index (χ1n) is 6.61. The van der Waals surface area contributed by atoms with Crippen molar-refractivity contribution in [3.63, 3.8) is 0 Å². The van der Waals surface area contributed by atoms with Crippen LogP contribution in [0.4, 0.5) is 4.79 Å². The number of alkyl halides is 1. The van der Waals surface area contributed by atoms with E-state index in [0.29, 0.717) is 31.9 Å². The number of nitrogens with one attached hydrogen (secondary N) is 2. The number of hydrogen-bond donors (Lipinski definition) is 2. The zero-order valence-corrected chi connectivity index (χ0v) is 11.9. The molecule has 0 spiro atoms. The maximum Gasteiger partial charge on any atom is 0.315 e. The third-order valence-electron chi connectivity index (χ3n) is 3.15. The Kier molecular flexibility index (Phi) is 5.24. The molecule has 0 bridgehead atoms. The molecule has 1 aromatic carbocycles. The maximum atomic E-state index is 11.9. The van der Waals surface area contributed by atoms with Crippen molar-refractivity contribution in [1.82, 2.24) is 15.5 Å². The van der Waals surface area contributed by atoms with Crippen molar-refractivity contribution in [1.29, 1.82) is 0 Å². The van der Waals surface area contributed by atoms with Crippen molar-refractivity contribution in [2.45, 2.75) is 19.0 Å². The molecule has 20 heavy (non-hydrogen) atoms. The number of likely N-dealkylation sites (tertiary alicyclic amines) is 1. The molecule has 2 N–H and O–H groups in total. The van der Waals surface area contributed by atoms with Gasteiger partial charge in [-0.15, -0.1) is 11.6 Å². The summed E-state index contributed by atoms with van der Waals surface area (Å²) in [6.07, 6.45) is 0.348. The lowest BCUT2D eigenvalue weighted by Crippen LogP contribution is -2.43. The fourth-order valence-electron chi connectivity index (χ4n) is 2.22. The molecular formula is C14H18ClN3O2. The number of rotatable bonds is 5. The molecule has 3 amide bonds. The summed E-state index contributed by atoms with van der Waals surface area (Å²) in [5.41, 5.74) is 1.09. The van der Waals surface area contributed by atoms with E-state index < -0.39 is 0 Å². The summed E-state index contributed by atoms with van der Waals surface area (Å²) in [6.45, 7) is 1.55. The van der Waals surface area contributed by atoms with Crippen LogP contribution in [0.5, 0.6) is 0 Å². The third-order valence-corrected chi connectivity index (χ3v) is 3.34. The van der Waals surface area contributed by atoms with E-state index in [1.807, 2.05) is 30.3 Å². The van der Waals surface area contributed by atoms with Gasteiger partial charge in [0.15, 0.2) is 0 Å². The summed E-state index contributed by atoms with van der Waals surface area (Å²) < 4.78 is 0. The van der Waals surface area contributed by atoms with Gasteiger partial charge in [0.1, 0.15) is 0 Å². The molecule has 1 saturated heterocycles. The monoisotopic (exact) mass is 295 g/mol. The molecule has 5 nitrogen and oxygen atoms in total. The van der Waals surface area contributed by atoms with Gasteiger partial charge in [-0.3, -0.25) is 4.79 Å². The first kappa shape index (κ1) is 14.7. The number of amides is 3. The van der Waals surface area contributed by atoms with Crippen LogP contribution in [-0.4, -0.2) is 41.8 Å². The van der Waals surface area contributed by atoms with Crippen LogP contribution in [0.3, 0.4) is 0 Å². The van der Waals surface area contributed by atoms with E-state index in [4.69, 9.17) is 11.6 Å². The van der Waals surface area contributed by atoms with Gasteiger partial charge in [0.05, 0.1) is 6.04 Å². The molecular weight excluding hydrogens is 278 g/mol. The van der Waals surface area contributed by atoms with Crippen LogP contribution in [0.2, 0.25) is 0 Å². The van der Waals surface area contributed by atoms with Crippen LogP contribution >= 0.6 is 11.6 Å². The molecule has 0 saturated carbocycles. The van der Waals surface area contributed by atoms with Crippen molar-refractivity contribution >= 4 is 23.5 Å². The van der Waals surface area contributed by atoms with E-state index in [1.165, 1.54) is 0 Å².